The standard InChI is InChI=1S/C10H13BrN4S/c1-6(9-3-8(11)4-16-9)14-7(2)10-12-5-13-15-10/h3-7,14H,1-2H3,(H,12,13,15). The predicted molar refractivity (Wildman–Crippen MR) is 68.4 cm³/mol. The molecule has 0 aliphatic rings. The molecule has 0 bridgehead atoms. The molecule has 2 rings (SSSR count). The van der Waals surface area contributed by atoms with Crippen LogP contribution in [0, 0.1) is 0 Å². The van der Waals surface area contributed by atoms with Gasteiger partial charge in [0.05, 0.1) is 6.04 Å². The van der Waals surface area contributed by atoms with Gasteiger partial charge in [0.2, 0.25) is 0 Å². The highest BCUT2D eigenvalue weighted by molar-refractivity contribution is 9.10. The van der Waals surface area contributed by atoms with Crippen LogP contribution in [-0.4, -0.2) is 15.2 Å². The summed E-state index contributed by atoms with van der Waals surface area (Å²) in [5, 5.41) is 12.3. The van der Waals surface area contributed by atoms with Crippen molar-refractivity contribution >= 4 is 27.3 Å². The van der Waals surface area contributed by atoms with Crippen molar-refractivity contribution in [2.45, 2.75) is 25.9 Å². The largest absolute Gasteiger partial charge is 0.300 e. The van der Waals surface area contributed by atoms with E-state index in [0.29, 0.717) is 6.04 Å². The topological polar surface area (TPSA) is 53.6 Å². The molecule has 0 saturated carbocycles. The Balaban J connectivity index is 2.00. The first-order valence-corrected chi connectivity index (χ1v) is 6.69. The number of halogens is 1. The van der Waals surface area contributed by atoms with Gasteiger partial charge in [-0.05, 0) is 35.8 Å². The van der Waals surface area contributed by atoms with Gasteiger partial charge >= 0.3 is 0 Å². The number of thiophene rings is 1. The number of nitrogens with one attached hydrogen (secondary N) is 2. The van der Waals surface area contributed by atoms with Crippen LogP contribution >= 0.6 is 27.3 Å². The Morgan fingerprint density at radius 2 is 2.25 bits per heavy atom. The molecule has 2 atom stereocenters. The smallest absolute Gasteiger partial charge is 0.141 e. The molecule has 16 heavy (non-hydrogen) atoms. The molecular weight excluding hydrogens is 288 g/mol. The van der Waals surface area contributed by atoms with Crippen LogP contribution in [0.1, 0.15) is 36.6 Å². The van der Waals surface area contributed by atoms with E-state index in [1.807, 2.05) is 0 Å². The van der Waals surface area contributed by atoms with Crippen molar-refractivity contribution in [3.8, 4) is 0 Å². The quantitative estimate of drug-likeness (QED) is 0.912. The molecule has 2 aromatic rings. The van der Waals surface area contributed by atoms with Crippen LogP contribution < -0.4 is 5.32 Å². The molecule has 2 aromatic heterocycles. The van der Waals surface area contributed by atoms with E-state index in [9.17, 15) is 0 Å². The minimum atomic E-state index is 0.165. The molecule has 2 N–H and O–H groups in total. The number of nitrogens with zero attached hydrogens (tertiary/aromatic N) is 2. The molecule has 4 nitrogen and oxygen atoms in total. The minimum absolute atomic E-state index is 0.165. The highest BCUT2D eigenvalue weighted by Gasteiger charge is 2.14. The molecule has 2 unspecified atom stereocenters. The zero-order chi connectivity index (χ0) is 11.5. The molecule has 0 amide bonds. The second-order valence-corrected chi connectivity index (χ2v) is 5.51. The zero-order valence-electron chi connectivity index (χ0n) is 9.07. The van der Waals surface area contributed by atoms with Gasteiger partial charge in [0.1, 0.15) is 12.2 Å². The summed E-state index contributed by atoms with van der Waals surface area (Å²) >= 11 is 5.20. The van der Waals surface area contributed by atoms with Gasteiger partial charge in [-0.2, -0.15) is 5.10 Å². The lowest BCUT2D eigenvalue weighted by Gasteiger charge is -2.16. The van der Waals surface area contributed by atoms with E-state index in [2.05, 4.69) is 61.7 Å². The minimum Gasteiger partial charge on any atom is -0.300 e. The third kappa shape index (κ3) is 2.69. The van der Waals surface area contributed by atoms with Crippen molar-refractivity contribution in [3.05, 3.63) is 32.9 Å². The van der Waals surface area contributed by atoms with E-state index in [1.165, 1.54) is 11.2 Å². The monoisotopic (exact) mass is 300 g/mol. The highest BCUT2D eigenvalue weighted by Crippen LogP contribution is 2.26. The Morgan fingerprint density at radius 3 is 2.81 bits per heavy atom. The number of H-pyrrole nitrogens is 1. The van der Waals surface area contributed by atoms with Gasteiger partial charge in [-0.3, -0.25) is 5.10 Å². The van der Waals surface area contributed by atoms with Crippen molar-refractivity contribution < 1.29 is 0 Å². The Labute approximate surface area is 107 Å². The number of aromatic nitrogens is 3. The maximum atomic E-state index is 4.13. The van der Waals surface area contributed by atoms with Crippen molar-refractivity contribution in [1.29, 1.82) is 0 Å². The van der Waals surface area contributed by atoms with Crippen molar-refractivity contribution in [1.82, 2.24) is 20.5 Å². The van der Waals surface area contributed by atoms with Gasteiger partial charge in [0.15, 0.2) is 0 Å². The van der Waals surface area contributed by atoms with Gasteiger partial charge in [-0.15, -0.1) is 11.3 Å². The average Bonchev–Trinajstić information content (AvgIpc) is 2.87. The molecule has 0 radical (unpaired) electrons. The molecule has 0 aromatic carbocycles. The van der Waals surface area contributed by atoms with Crippen LogP contribution in [0.5, 0.6) is 0 Å². The summed E-state index contributed by atoms with van der Waals surface area (Å²) < 4.78 is 1.13. The van der Waals surface area contributed by atoms with Gasteiger partial charge < -0.3 is 5.32 Å². The number of hydrogen-bond donors (Lipinski definition) is 2. The SMILES string of the molecule is CC(NC(C)c1cc(Br)cs1)c1ncn[nH]1. The maximum absolute atomic E-state index is 4.13. The lowest BCUT2D eigenvalue weighted by Crippen LogP contribution is -2.22. The van der Waals surface area contributed by atoms with E-state index in [-0.39, 0.29) is 6.04 Å². The molecule has 0 fully saturated rings. The molecular formula is C10H13BrN4S. The van der Waals surface area contributed by atoms with Gasteiger partial charge in [-0.1, -0.05) is 0 Å². The van der Waals surface area contributed by atoms with Crippen molar-refractivity contribution in [2.75, 3.05) is 0 Å². The van der Waals surface area contributed by atoms with Crippen LogP contribution in [0.2, 0.25) is 0 Å². The lowest BCUT2D eigenvalue weighted by molar-refractivity contribution is 0.482. The first-order valence-electron chi connectivity index (χ1n) is 5.02. The van der Waals surface area contributed by atoms with Crippen LogP contribution in [0.25, 0.3) is 0 Å². The van der Waals surface area contributed by atoms with Crippen molar-refractivity contribution in [3.63, 3.8) is 0 Å². The van der Waals surface area contributed by atoms with Gasteiger partial charge in [0.25, 0.3) is 0 Å². The summed E-state index contributed by atoms with van der Waals surface area (Å²) in [5.74, 6) is 0.863. The summed E-state index contributed by atoms with van der Waals surface area (Å²) in [6.07, 6.45) is 1.53. The highest BCUT2D eigenvalue weighted by atomic mass is 79.9. The van der Waals surface area contributed by atoms with Crippen LogP contribution in [-0.2, 0) is 0 Å². The average molecular weight is 301 g/mol. The predicted octanol–water partition coefficient (Wildman–Crippen LogP) is 3.04. The lowest BCUT2D eigenvalue weighted by atomic mass is 10.2. The third-order valence-electron chi connectivity index (χ3n) is 2.36. The fourth-order valence-corrected chi connectivity index (χ4v) is 2.98. The Kier molecular flexibility index (Phi) is 3.73. The molecule has 86 valence electrons. The first-order chi connectivity index (χ1) is 7.66. The molecule has 6 heteroatoms. The van der Waals surface area contributed by atoms with Crippen LogP contribution in [0.3, 0.4) is 0 Å². The fourth-order valence-electron chi connectivity index (χ4n) is 1.51. The molecule has 0 aliphatic heterocycles. The van der Waals surface area contributed by atoms with Crippen molar-refractivity contribution in [2.24, 2.45) is 0 Å². The normalized spacial score (nSPS) is 14.9. The van der Waals surface area contributed by atoms with Gasteiger partial charge in [-0.25, -0.2) is 4.98 Å². The Bertz CT molecular complexity index is 439. The molecule has 0 spiro atoms. The second kappa shape index (κ2) is 5.07. The molecule has 2 heterocycles. The van der Waals surface area contributed by atoms with Gasteiger partial charge in [0, 0.05) is 20.8 Å². The van der Waals surface area contributed by atoms with Crippen LogP contribution in [0.15, 0.2) is 22.2 Å². The number of rotatable bonds is 4. The Morgan fingerprint density at radius 1 is 1.44 bits per heavy atom. The molecule has 0 aliphatic carbocycles. The fraction of sp³-hybridized carbons (Fsp3) is 0.400. The maximum Gasteiger partial charge on any atom is 0.141 e. The Hall–Kier alpha value is -0.720. The third-order valence-corrected chi connectivity index (χ3v) is 4.23. The summed E-state index contributed by atoms with van der Waals surface area (Å²) in [7, 11) is 0. The summed E-state index contributed by atoms with van der Waals surface area (Å²) in [5.41, 5.74) is 0. The summed E-state index contributed by atoms with van der Waals surface area (Å²) in [4.78, 5) is 5.44. The summed E-state index contributed by atoms with van der Waals surface area (Å²) in [6, 6.07) is 2.60. The van der Waals surface area contributed by atoms with Crippen LogP contribution in [0.4, 0.5) is 0 Å². The first kappa shape index (κ1) is 11.8. The van der Waals surface area contributed by atoms with E-state index < -0.39 is 0 Å². The summed E-state index contributed by atoms with van der Waals surface area (Å²) in [6.45, 7) is 4.21. The van der Waals surface area contributed by atoms with E-state index in [1.54, 1.807) is 11.3 Å². The zero-order valence-corrected chi connectivity index (χ0v) is 11.5. The van der Waals surface area contributed by atoms with E-state index in [4.69, 9.17) is 0 Å². The second-order valence-electron chi connectivity index (χ2n) is 3.65. The van der Waals surface area contributed by atoms with E-state index >= 15 is 0 Å². The molecule has 0 saturated heterocycles. The number of aromatic amines is 1. The number of hydrogen-bond acceptors (Lipinski definition) is 4. The van der Waals surface area contributed by atoms with E-state index in [0.717, 1.165) is 10.3 Å².